The molecule has 1 aromatic carbocycles. The second-order valence-electron chi connectivity index (χ2n) is 5.39. The molecule has 116 valence electrons. The van der Waals surface area contributed by atoms with Crippen LogP contribution in [0.2, 0.25) is 5.02 Å². The van der Waals surface area contributed by atoms with E-state index in [0.717, 1.165) is 32.7 Å². The van der Waals surface area contributed by atoms with Crippen LogP contribution in [0.1, 0.15) is 23.7 Å². The number of nitrogens with zero attached hydrogens (tertiary/aromatic N) is 2. The molecule has 0 bridgehead atoms. The summed E-state index contributed by atoms with van der Waals surface area (Å²) in [5, 5.41) is 0.571. The van der Waals surface area contributed by atoms with Crippen molar-refractivity contribution in [2.24, 2.45) is 0 Å². The summed E-state index contributed by atoms with van der Waals surface area (Å²) in [6.45, 7) is 7.43. The summed E-state index contributed by atoms with van der Waals surface area (Å²) in [7, 11) is 2.13. The van der Waals surface area contributed by atoms with Crippen LogP contribution < -0.4 is 4.74 Å². The Balaban J connectivity index is 1.95. The Bertz CT molecular complexity index is 485. The minimum atomic E-state index is 0.0971. The molecule has 1 aliphatic rings. The maximum Gasteiger partial charge on any atom is 0.167 e. The molecule has 1 aliphatic heterocycles. The van der Waals surface area contributed by atoms with Gasteiger partial charge in [-0.05, 0) is 32.2 Å². The zero-order valence-corrected chi connectivity index (χ0v) is 13.5. The Hall–Kier alpha value is -1.10. The van der Waals surface area contributed by atoms with Crippen molar-refractivity contribution in [3.63, 3.8) is 0 Å². The zero-order chi connectivity index (χ0) is 15.2. The lowest BCUT2D eigenvalue weighted by atomic mass is 10.1. The van der Waals surface area contributed by atoms with Gasteiger partial charge in [-0.25, -0.2) is 0 Å². The molecule has 0 amide bonds. The summed E-state index contributed by atoms with van der Waals surface area (Å²) in [5.41, 5.74) is 0.596. The van der Waals surface area contributed by atoms with Crippen molar-refractivity contribution in [1.82, 2.24) is 9.80 Å². The molecule has 1 heterocycles. The maximum atomic E-state index is 12.4. The molecule has 2 rings (SSSR count). The van der Waals surface area contributed by atoms with Crippen LogP contribution in [0.15, 0.2) is 18.2 Å². The minimum absolute atomic E-state index is 0.0971. The Kier molecular flexibility index (Phi) is 6.03. The monoisotopic (exact) mass is 310 g/mol. The van der Waals surface area contributed by atoms with Crippen LogP contribution >= 0.6 is 11.6 Å². The number of benzene rings is 1. The molecule has 0 aliphatic carbocycles. The van der Waals surface area contributed by atoms with Crippen molar-refractivity contribution in [1.29, 1.82) is 0 Å². The summed E-state index contributed by atoms with van der Waals surface area (Å²) in [6, 6.07) is 5.23. The van der Waals surface area contributed by atoms with E-state index in [-0.39, 0.29) is 5.78 Å². The molecule has 5 heteroatoms. The number of ketones is 1. The number of carbonyl (C=O) groups is 1. The fourth-order valence-corrected chi connectivity index (χ4v) is 2.64. The molecule has 21 heavy (non-hydrogen) atoms. The summed E-state index contributed by atoms with van der Waals surface area (Å²) in [5.74, 6) is 0.727. The van der Waals surface area contributed by atoms with E-state index in [0.29, 0.717) is 29.4 Å². The van der Waals surface area contributed by atoms with Crippen LogP contribution in [0.3, 0.4) is 0 Å². The molecule has 0 aromatic heterocycles. The van der Waals surface area contributed by atoms with E-state index in [9.17, 15) is 4.79 Å². The van der Waals surface area contributed by atoms with Crippen molar-refractivity contribution in [2.75, 3.05) is 46.4 Å². The smallest absolute Gasteiger partial charge is 0.167 e. The lowest BCUT2D eigenvalue weighted by Gasteiger charge is -2.32. The average Bonchev–Trinajstić information content (AvgIpc) is 2.48. The second kappa shape index (κ2) is 7.78. The molecule has 0 spiro atoms. The number of halogens is 1. The first-order chi connectivity index (χ1) is 10.1. The van der Waals surface area contributed by atoms with Gasteiger partial charge in [0, 0.05) is 44.2 Å². The van der Waals surface area contributed by atoms with Gasteiger partial charge in [0.1, 0.15) is 5.75 Å². The van der Waals surface area contributed by atoms with E-state index >= 15 is 0 Å². The second-order valence-corrected chi connectivity index (χ2v) is 5.83. The van der Waals surface area contributed by atoms with Crippen LogP contribution in [-0.4, -0.2) is 62.0 Å². The minimum Gasteiger partial charge on any atom is -0.493 e. The summed E-state index contributed by atoms with van der Waals surface area (Å²) in [6.07, 6.45) is 0.504. The number of piperazine rings is 1. The summed E-state index contributed by atoms with van der Waals surface area (Å²) < 4.78 is 5.52. The van der Waals surface area contributed by atoms with Crippen LogP contribution in [0, 0.1) is 0 Å². The topological polar surface area (TPSA) is 32.8 Å². The molecule has 1 saturated heterocycles. The highest BCUT2D eigenvalue weighted by molar-refractivity contribution is 6.31. The molecule has 0 unspecified atom stereocenters. The summed E-state index contributed by atoms with van der Waals surface area (Å²) in [4.78, 5) is 17.1. The number of rotatable bonds is 6. The first kappa shape index (κ1) is 16.3. The first-order valence-electron chi connectivity index (χ1n) is 7.46. The van der Waals surface area contributed by atoms with Crippen molar-refractivity contribution < 1.29 is 9.53 Å². The normalized spacial score (nSPS) is 16.9. The molecule has 0 atom stereocenters. The van der Waals surface area contributed by atoms with Gasteiger partial charge >= 0.3 is 0 Å². The van der Waals surface area contributed by atoms with E-state index in [2.05, 4.69) is 16.8 Å². The highest BCUT2D eigenvalue weighted by atomic mass is 35.5. The molecule has 1 fully saturated rings. The standard InChI is InChI=1S/C16H23ClN2O2/c1-3-21-16-5-4-13(17)12-14(16)15(20)6-7-19-10-8-18(2)9-11-19/h4-5,12H,3,6-11H2,1-2H3. The number of hydrogen-bond acceptors (Lipinski definition) is 4. The number of likely N-dealkylation sites (N-methyl/N-ethyl adjacent to an activating group) is 1. The number of carbonyl (C=O) groups excluding carboxylic acids is 1. The van der Waals surface area contributed by atoms with Gasteiger partial charge in [0.2, 0.25) is 0 Å². The molecule has 4 nitrogen and oxygen atoms in total. The van der Waals surface area contributed by atoms with Gasteiger partial charge < -0.3 is 14.5 Å². The van der Waals surface area contributed by atoms with E-state index < -0.39 is 0 Å². The van der Waals surface area contributed by atoms with Crippen LogP contribution in [0.4, 0.5) is 0 Å². The Labute approximate surface area is 131 Å². The van der Waals surface area contributed by atoms with Gasteiger partial charge in [-0.2, -0.15) is 0 Å². The Morgan fingerprint density at radius 3 is 2.67 bits per heavy atom. The van der Waals surface area contributed by atoms with Crippen molar-refractivity contribution in [2.45, 2.75) is 13.3 Å². The molecule has 0 saturated carbocycles. The number of Topliss-reactive ketones (excluding diaryl/α,β-unsaturated/α-hetero) is 1. The van der Waals surface area contributed by atoms with Crippen molar-refractivity contribution >= 4 is 17.4 Å². The fourth-order valence-electron chi connectivity index (χ4n) is 2.47. The van der Waals surface area contributed by atoms with E-state index in [1.807, 2.05) is 6.92 Å². The highest BCUT2D eigenvalue weighted by Crippen LogP contribution is 2.24. The van der Waals surface area contributed by atoms with E-state index in [4.69, 9.17) is 16.3 Å². The summed E-state index contributed by atoms with van der Waals surface area (Å²) >= 11 is 6.00. The molecule has 1 aromatic rings. The Morgan fingerprint density at radius 1 is 1.29 bits per heavy atom. The van der Waals surface area contributed by atoms with Crippen molar-refractivity contribution in [3.8, 4) is 5.75 Å². The third kappa shape index (κ3) is 4.70. The third-order valence-electron chi connectivity index (χ3n) is 3.79. The van der Waals surface area contributed by atoms with Gasteiger partial charge in [0.15, 0.2) is 5.78 Å². The van der Waals surface area contributed by atoms with Gasteiger partial charge in [-0.3, -0.25) is 4.79 Å². The Morgan fingerprint density at radius 2 is 2.00 bits per heavy atom. The average molecular weight is 311 g/mol. The predicted octanol–water partition coefficient (Wildman–Crippen LogP) is 2.56. The number of hydrogen-bond donors (Lipinski definition) is 0. The highest BCUT2D eigenvalue weighted by Gasteiger charge is 2.17. The zero-order valence-electron chi connectivity index (χ0n) is 12.8. The fraction of sp³-hybridized carbons (Fsp3) is 0.562. The third-order valence-corrected chi connectivity index (χ3v) is 4.03. The largest absolute Gasteiger partial charge is 0.493 e. The predicted molar refractivity (Wildman–Crippen MR) is 85.5 cm³/mol. The van der Waals surface area contributed by atoms with E-state index in [1.165, 1.54) is 0 Å². The van der Waals surface area contributed by atoms with Gasteiger partial charge in [0.05, 0.1) is 12.2 Å². The quantitative estimate of drug-likeness (QED) is 0.756. The van der Waals surface area contributed by atoms with Crippen LogP contribution in [0.5, 0.6) is 5.75 Å². The SMILES string of the molecule is CCOc1ccc(Cl)cc1C(=O)CCN1CCN(C)CC1. The lowest BCUT2D eigenvalue weighted by Crippen LogP contribution is -2.45. The molecular weight excluding hydrogens is 288 g/mol. The van der Waals surface area contributed by atoms with E-state index in [1.54, 1.807) is 18.2 Å². The van der Waals surface area contributed by atoms with Crippen LogP contribution in [-0.2, 0) is 0 Å². The number of ether oxygens (including phenoxy) is 1. The van der Waals surface area contributed by atoms with Gasteiger partial charge in [-0.1, -0.05) is 11.6 Å². The van der Waals surface area contributed by atoms with Crippen molar-refractivity contribution in [3.05, 3.63) is 28.8 Å². The first-order valence-corrected chi connectivity index (χ1v) is 7.84. The van der Waals surface area contributed by atoms with Gasteiger partial charge in [0.25, 0.3) is 0 Å². The maximum absolute atomic E-state index is 12.4. The van der Waals surface area contributed by atoms with Crippen LogP contribution in [0.25, 0.3) is 0 Å². The molecule has 0 radical (unpaired) electrons. The van der Waals surface area contributed by atoms with Gasteiger partial charge in [-0.15, -0.1) is 0 Å². The lowest BCUT2D eigenvalue weighted by molar-refractivity contribution is 0.0938. The molecule has 0 N–H and O–H groups in total. The molecular formula is C16H23ClN2O2.